The Bertz CT molecular complexity index is 341. The van der Waals surface area contributed by atoms with Crippen LogP contribution in [0, 0.1) is 0 Å². The maximum atomic E-state index is 5.09. The summed E-state index contributed by atoms with van der Waals surface area (Å²) in [5.41, 5.74) is 2.83. The van der Waals surface area contributed by atoms with Gasteiger partial charge in [-0.1, -0.05) is 31.2 Å². The minimum atomic E-state index is 0.837. The lowest BCUT2D eigenvalue weighted by atomic mass is 10.1. The molecule has 108 valence electrons. The Labute approximate surface area is 118 Å². The van der Waals surface area contributed by atoms with Gasteiger partial charge in [0.25, 0.3) is 0 Å². The van der Waals surface area contributed by atoms with Gasteiger partial charge < -0.3 is 15.0 Å². The first kappa shape index (κ1) is 16.2. The average Bonchev–Trinajstić information content (AvgIpc) is 2.41. The Kier molecular flexibility index (Phi) is 8.47. The Hall–Kier alpha value is -0.900. The van der Waals surface area contributed by atoms with Crippen molar-refractivity contribution in [3.05, 3.63) is 35.4 Å². The molecule has 0 aliphatic heterocycles. The molecule has 0 unspecified atom stereocenters. The third-order valence-electron chi connectivity index (χ3n) is 3.19. The van der Waals surface area contributed by atoms with Crippen LogP contribution >= 0.6 is 0 Å². The summed E-state index contributed by atoms with van der Waals surface area (Å²) >= 11 is 0. The van der Waals surface area contributed by atoms with Crippen LogP contribution in [0.5, 0.6) is 0 Å². The van der Waals surface area contributed by atoms with Crippen LogP contribution in [0.25, 0.3) is 0 Å². The minimum Gasteiger partial charge on any atom is -0.385 e. The smallest absolute Gasteiger partial charge is 0.0474 e. The summed E-state index contributed by atoms with van der Waals surface area (Å²) in [6.45, 7) is 7.17. The first-order valence-corrected chi connectivity index (χ1v) is 7.23. The van der Waals surface area contributed by atoms with E-state index in [2.05, 4.69) is 48.5 Å². The number of nitrogens with zero attached hydrogens (tertiary/aromatic N) is 1. The molecule has 19 heavy (non-hydrogen) atoms. The normalized spacial score (nSPS) is 11.2. The second-order valence-corrected chi connectivity index (χ2v) is 5.03. The molecule has 0 spiro atoms. The van der Waals surface area contributed by atoms with E-state index in [-0.39, 0.29) is 0 Å². The third kappa shape index (κ3) is 6.71. The van der Waals surface area contributed by atoms with E-state index in [1.165, 1.54) is 17.5 Å². The number of ether oxygens (including phenoxy) is 1. The molecule has 0 saturated carbocycles. The predicted molar refractivity (Wildman–Crippen MR) is 81.3 cm³/mol. The molecule has 1 rings (SSSR count). The predicted octanol–water partition coefficient (Wildman–Crippen LogP) is 2.65. The standard InChI is InChI=1S/C16H28N2O/c1-4-10-17-13-15-8-5-6-9-16(15)14-18(2)11-7-12-19-3/h5-6,8-9,17H,4,7,10-14H2,1-3H3. The van der Waals surface area contributed by atoms with Gasteiger partial charge in [0, 0.05) is 33.4 Å². The number of nitrogens with one attached hydrogen (secondary N) is 1. The van der Waals surface area contributed by atoms with E-state index in [9.17, 15) is 0 Å². The fourth-order valence-electron chi connectivity index (χ4n) is 2.13. The van der Waals surface area contributed by atoms with Crippen molar-refractivity contribution in [2.75, 3.05) is 33.9 Å². The molecule has 3 nitrogen and oxygen atoms in total. The van der Waals surface area contributed by atoms with Crippen molar-refractivity contribution in [3.8, 4) is 0 Å². The van der Waals surface area contributed by atoms with E-state index in [0.29, 0.717) is 0 Å². The number of rotatable bonds is 10. The average molecular weight is 264 g/mol. The summed E-state index contributed by atoms with van der Waals surface area (Å²) in [7, 11) is 3.93. The van der Waals surface area contributed by atoms with Gasteiger partial charge in [0.15, 0.2) is 0 Å². The quantitative estimate of drug-likeness (QED) is 0.658. The van der Waals surface area contributed by atoms with Crippen molar-refractivity contribution in [2.24, 2.45) is 0 Å². The van der Waals surface area contributed by atoms with Crippen LogP contribution < -0.4 is 5.32 Å². The fourth-order valence-corrected chi connectivity index (χ4v) is 2.13. The van der Waals surface area contributed by atoms with Crippen molar-refractivity contribution in [2.45, 2.75) is 32.9 Å². The summed E-state index contributed by atoms with van der Waals surface area (Å²) in [4.78, 5) is 2.36. The van der Waals surface area contributed by atoms with E-state index in [0.717, 1.165) is 39.2 Å². The van der Waals surface area contributed by atoms with Gasteiger partial charge in [0.2, 0.25) is 0 Å². The highest BCUT2D eigenvalue weighted by Gasteiger charge is 2.05. The largest absolute Gasteiger partial charge is 0.385 e. The van der Waals surface area contributed by atoms with Crippen molar-refractivity contribution in [3.63, 3.8) is 0 Å². The molecule has 0 radical (unpaired) electrons. The topological polar surface area (TPSA) is 24.5 Å². The minimum absolute atomic E-state index is 0.837. The molecular formula is C16H28N2O. The molecule has 0 amide bonds. The number of benzene rings is 1. The highest BCUT2D eigenvalue weighted by molar-refractivity contribution is 5.26. The van der Waals surface area contributed by atoms with Crippen molar-refractivity contribution < 1.29 is 4.74 Å². The second-order valence-electron chi connectivity index (χ2n) is 5.03. The molecule has 0 aromatic heterocycles. The zero-order chi connectivity index (χ0) is 13.9. The fraction of sp³-hybridized carbons (Fsp3) is 0.625. The lowest BCUT2D eigenvalue weighted by Gasteiger charge is -2.19. The van der Waals surface area contributed by atoms with E-state index < -0.39 is 0 Å². The molecule has 0 aliphatic carbocycles. The highest BCUT2D eigenvalue weighted by Crippen LogP contribution is 2.11. The Morgan fingerprint density at radius 3 is 2.63 bits per heavy atom. The first-order chi connectivity index (χ1) is 9.27. The maximum absolute atomic E-state index is 5.09. The molecular weight excluding hydrogens is 236 g/mol. The van der Waals surface area contributed by atoms with Crippen LogP contribution in [0.3, 0.4) is 0 Å². The summed E-state index contributed by atoms with van der Waals surface area (Å²) in [5, 5.41) is 3.48. The molecule has 1 N–H and O–H groups in total. The SMILES string of the molecule is CCCNCc1ccccc1CN(C)CCCOC. The maximum Gasteiger partial charge on any atom is 0.0474 e. The van der Waals surface area contributed by atoms with Crippen LogP contribution in [0.15, 0.2) is 24.3 Å². The summed E-state index contributed by atoms with van der Waals surface area (Å²) in [6, 6.07) is 8.70. The Balaban J connectivity index is 2.46. The van der Waals surface area contributed by atoms with E-state index in [1.54, 1.807) is 7.11 Å². The number of hydrogen-bond donors (Lipinski definition) is 1. The summed E-state index contributed by atoms with van der Waals surface area (Å²) in [6.07, 6.45) is 2.27. The van der Waals surface area contributed by atoms with Gasteiger partial charge in [0.1, 0.15) is 0 Å². The lowest BCUT2D eigenvalue weighted by molar-refractivity contribution is 0.178. The highest BCUT2D eigenvalue weighted by atomic mass is 16.5. The summed E-state index contributed by atoms with van der Waals surface area (Å²) < 4.78 is 5.09. The first-order valence-electron chi connectivity index (χ1n) is 7.23. The van der Waals surface area contributed by atoms with Gasteiger partial charge in [-0.2, -0.15) is 0 Å². The molecule has 0 fully saturated rings. The molecule has 1 aromatic carbocycles. The lowest BCUT2D eigenvalue weighted by Crippen LogP contribution is -2.22. The van der Waals surface area contributed by atoms with Crippen molar-refractivity contribution in [1.82, 2.24) is 10.2 Å². The van der Waals surface area contributed by atoms with E-state index in [4.69, 9.17) is 4.74 Å². The molecule has 0 saturated heterocycles. The summed E-state index contributed by atoms with van der Waals surface area (Å²) in [5.74, 6) is 0. The zero-order valence-corrected chi connectivity index (χ0v) is 12.6. The number of hydrogen-bond acceptors (Lipinski definition) is 3. The molecule has 0 aliphatic rings. The van der Waals surface area contributed by atoms with Crippen LogP contribution in [0.2, 0.25) is 0 Å². The Morgan fingerprint density at radius 2 is 1.95 bits per heavy atom. The third-order valence-corrected chi connectivity index (χ3v) is 3.19. The van der Waals surface area contributed by atoms with Crippen LogP contribution in [-0.2, 0) is 17.8 Å². The van der Waals surface area contributed by atoms with Crippen molar-refractivity contribution in [1.29, 1.82) is 0 Å². The second kappa shape index (κ2) is 9.96. The van der Waals surface area contributed by atoms with Gasteiger partial charge in [-0.3, -0.25) is 0 Å². The molecule has 0 bridgehead atoms. The molecule has 1 aromatic rings. The van der Waals surface area contributed by atoms with Gasteiger partial charge in [-0.25, -0.2) is 0 Å². The van der Waals surface area contributed by atoms with Crippen LogP contribution in [0.4, 0.5) is 0 Å². The molecule has 0 atom stereocenters. The van der Waals surface area contributed by atoms with Gasteiger partial charge in [0.05, 0.1) is 0 Å². The monoisotopic (exact) mass is 264 g/mol. The molecule has 0 heterocycles. The van der Waals surface area contributed by atoms with Gasteiger partial charge in [-0.05, 0) is 37.6 Å². The van der Waals surface area contributed by atoms with Gasteiger partial charge in [-0.15, -0.1) is 0 Å². The van der Waals surface area contributed by atoms with Gasteiger partial charge >= 0.3 is 0 Å². The van der Waals surface area contributed by atoms with Crippen LogP contribution in [0.1, 0.15) is 30.9 Å². The van der Waals surface area contributed by atoms with Crippen molar-refractivity contribution >= 4 is 0 Å². The van der Waals surface area contributed by atoms with Crippen LogP contribution in [-0.4, -0.2) is 38.8 Å². The molecule has 3 heteroatoms. The van der Waals surface area contributed by atoms with E-state index in [1.807, 2.05) is 0 Å². The number of methoxy groups -OCH3 is 1. The Morgan fingerprint density at radius 1 is 1.21 bits per heavy atom. The zero-order valence-electron chi connectivity index (χ0n) is 12.6. The van der Waals surface area contributed by atoms with E-state index >= 15 is 0 Å².